The van der Waals surface area contributed by atoms with Gasteiger partial charge in [0.1, 0.15) is 5.00 Å². The minimum absolute atomic E-state index is 0.000845. The van der Waals surface area contributed by atoms with E-state index in [9.17, 15) is 14.7 Å². The number of rotatable bonds is 8. The summed E-state index contributed by atoms with van der Waals surface area (Å²) in [5.74, 6) is -0.836. The van der Waals surface area contributed by atoms with E-state index in [1.54, 1.807) is 4.90 Å². The molecule has 1 aliphatic carbocycles. The Balaban J connectivity index is 2.14. The molecule has 134 valence electrons. The quantitative estimate of drug-likeness (QED) is 0.548. The first-order valence-corrected chi connectivity index (χ1v) is 8.89. The number of carboxylic acids is 1. The molecular weight excluding hydrogens is 332 g/mol. The maximum Gasteiger partial charge on any atom is 0.339 e. The number of aliphatic hydroxyl groups is 2. The SMILES string of the molecule is CC1CCc2c(sc(NC(=O)CN(CCO)CCO)c2C(=O)O)C1. The number of carboxylic acid groups (broad SMARTS) is 1. The lowest BCUT2D eigenvalue weighted by Gasteiger charge is -2.19. The second-order valence-corrected chi connectivity index (χ2v) is 7.24. The molecule has 7 nitrogen and oxygen atoms in total. The van der Waals surface area contributed by atoms with Crippen LogP contribution in [0.2, 0.25) is 0 Å². The van der Waals surface area contributed by atoms with Crippen LogP contribution in [0.5, 0.6) is 0 Å². The molecule has 0 saturated carbocycles. The summed E-state index contributed by atoms with van der Waals surface area (Å²) < 4.78 is 0. The van der Waals surface area contributed by atoms with E-state index < -0.39 is 5.97 Å². The Labute approximate surface area is 144 Å². The first kappa shape index (κ1) is 18.9. The molecule has 0 spiro atoms. The minimum atomic E-state index is -1.01. The van der Waals surface area contributed by atoms with E-state index >= 15 is 0 Å². The average Bonchev–Trinajstić information content (AvgIpc) is 2.84. The van der Waals surface area contributed by atoms with E-state index in [2.05, 4.69) is 12.2 Å². The molecule has 1 aromatic rings. The van der Waals surface area contributed by atoms with Crippen LogP contribution in [-0.2, 0) is 17.6 Å². The van der Waals surface area contributed by atoms with Gasteiger partial charge in [0.05, 0.1) is 25.3 Å². The van der Waals surface area contributed by atoms with Gasteiger partial charge in [-0.2, -0.15) is 0 Å². The third kappa shape index (κ3) is 4.54. The van der Waals surface area contributed by atoms with Crippen LogP contribution >= 0.6 is 11.3 Å². The lowest BCUT2D eigenvalue weighted by atomic mass is 9.88. The fourth-order valence-electron chi connectivity index (χ4n) is 2.99. The largest absolute Gasteiger partial charge is 0.478 e. The summed E-state index contributed by atoms with van der Waals surface area (Å²) in [6.45, 7) is 2.47. The summed E-state index contributed by atoms with van der Waals surface area (Å²) in [7, 11) is 0. The molecule has 0 fully saturated rings. The number of aromatic carboxylic acids is 1. The Bertz CT molecular complexity index is 596. The molecule has 0 aliphatic heterocycles. The lowest BCUT2D eigenvalue weighted by Crippen LogP contribution is -2.37. The number of fused-ring (bicyclic) bond motifs is 1. The summed E-state index contributed by atoms with van der Waals surface area (Å²) in [4.78, 5) is 26.5. The molecule has 1 atom stereocenters. The Kier molecular flexibility index (Phi) is 6.73. The van der Waals surface area contributed by atoms with Crippen molar-refractivity contribution in [1.29, 1.82) is 0 Å². The van der Waals surface area contributed by atoms with Crippen LogP contribution in [0.25, 0.3) is 0 Å². The van der Waals surface area contributed by atoms with Crippen molar-refractivity contribution < 1.29 is 24.9 Å². The highest BCUT2D eigenvalue weighted by Crippen LogP contribution is 2.39. The number of hydrogen-bond acceptors (Lipinski definition) is 6. The predicted molar refractivity (Wildman–Crippen MR) is 91.7 cm³/mol. The molecular formula is C16H24N2O5S. The van der Waals surface area contributed by atoms with E-state index in [-0.39, 0.29) is 44.3 Å². The van der Waals surface area contributed by atoms with Crippen LogP contribution in [0.15, 0.2) is 0 Å². The van der Waals surface area contributed by atoms with Gasteiger partial charge in [0.25, 0.3) is 0 Å². The highest BCUT2D eigenvalue weighted by molar-refractivity contribution is 7.17. The van der Waals surface area contributed by atoms with Gasteiger partial charge in [0.2, 0.25) is 5.91 Å². The Morgan fingerprint density at radius 1 is 1.29 bits per heavy atom. The molecule has 1 heterocycles. The third-order valence-corrected chi connectivity index (χ3v) is 5.35. The maximum absolute atomic E-state index is 12.2. The molecule has 1 amide bonds. The number of carbonyl (C=O) groups excluding carboxylic acids is 1. The van der Waals surface area contributed by atoms with E-state index in [0.29, 0.717) is 10.9 Å². The number of carbonyl (C=O) groups is 2. The summed E-state index contributed by atoms with van der Waals surface area (Å²) in [5, 5.41) is 30.6. The van der Waals surface area contributed by atoms with Crippen molar-refractivity contribution in [2.45, 2.75) is 26.2 Å². The number of nitrogens with one attached hydrogen (secondary N) is 1. The molecule has 0 bridgehead atoms. The molecule has 1 aromatic heterocycles. The summed E-state index contributed by atoms with van der Waals surface area (Å²) >= 11 is 1.35. The van der Waals surface area contributed by atoms with Gasteiger partial charge in [-0.05, 0) is 30.7 Å². The van der Waals surface area contributed by atoms with E-state index in [4.69, 9.17) is 10.2 Å². The van der Waals surface area contributed by atoms with Gasteiger partial charge in [-0.15, -0.1) is 11.3 Å². The number of anilines is 1. The molecule has 1 unspecified atom stereocenters. The van der Waals surface area contributed by atoms with Crippen LogP contribution in [0.3, 0.4) is 0 Å². The molecule has 4 N–H and O–H groups in total. The summed E-state index contributed by atoms with van der Waals surface area (Å²) in [6.07, 6.45) is 2.53. The zero-order valence-electron chi connectivity index (χ0n) is 13.7. The van der Waals surface area contributed by atoms with Crippen molar-refractivity contribution in [1.82, 2.24) is 4.90 Å². The first-order valence-electron chi connectivity index (χ1n) is 8.08. The number of aliphatic hydroxyl groups excluding tert-OH is 2. The van der Waals surface area contributed by atoms with E-state index in [1.807, 2.05) is 0 Å². The van der Waals surface area contributed by atoms with Crippen LogP contribution in [0.4, 0.5) is 5.00 Å². The van der Waals surface area contributed by atoms with Gasteiger partial charge < -0.3 is 20.6 Å². The average molecular weight is 356 g/mol. The molecule has 24 heavy (non-hydrogen) atoms. The van der Waals surface area contributed by atoms with Crippen molar-refractivity contribution in [2.24, 2.45) is 5.92 Å². The number of hydrogen-bond donors (Lipinski definition) is 4. The third-order valence-electron chi connectivity index (χ3n) is 4.18. The smallest absolute Gasteiger partial charge is 0.339 e. The van der Waals surface area contributed by atoms with Crippen molar-refractivity contribution in [2.75, 3.05) is 38.2 Å². The summed E-state index contributed by atoms with van der Waals surface area (Å²) in [6, 6.07) is 0. The van der Waals surface area contributed by atoms with Crippen LogP contribution < -0.4 is 5.32 Å². The second-order valence-electron chi connectivity index (χ2n) is 6.13. The molecule has 0 radical (unpaired) electrons. The van der Waals surface area contributed by atoms with Crippen molar-refractivity contribution in [3.63, 3.8) is 0 Å². The van der Waals surface area contributed by atoms with Crippen molar-refractivity contribution >= 4 is 28.2 Å². The lowest BCUT2D eigenvalue weighted by molar-refractivity contribution is -0.117. The zero-order valence-corrected chi connectivity index (χ0v) is 14.6. The van der Waals surface area contributed by atoms with Gasteiger partial charge in [0.15, 0.2) is 0 Å². The number of thiophene rings is 1. The van der Waals surface area contributed by atoms with Gasteiger partial charge in [-0.1, -0.05) is 6.92 Å². The standard InChI is InChI=1S/C16H24N2O5S/c1-10-2-3-11-12(8-10)24-15(14(11)16(22)23)17-13(21)9-18(4-6-19)5-7-20/h10,19-20H,2-9H2,1H3,(H,17,21)(H,22,23). The Morgan fingerprint density at radius 3 is 2.54 bits per heavy atom. The van der Waals surface area contributed by atoms with Crippen LogP contribution in [0.1, 0.15) is 34.1 Å². The normalized spacial score (nSPS) is 16.9. The Morgan fingerprint density at radius 2 is 1.96 bits per heavy atom. The highest BCUT2D eigenvalue weighted by Gasteiger charge is 2.28. The number of amides is 1. The monoisotopic (exact) mass is 356 g/mol. The fourth-order valence-corrected chi connectivity index (χ4v) is 4.41. The molecule has 0 aromatic carbocycles. The van der Waals surface area contributed by atoms with Gasteiger partial charge in [-0.25, -0.2) is 4.79 Å². The molecule has 8 heteroatoms. The number of nitrogens with zero attached hydrogens (tertiary/aromatic N) is 1. The zero-order chi connectivity index (χ0) is 17.7. The van der Waals surface area contributed by atoms with Gasteiger partial charge in [0, 0.05) is 18.0 Å². The van der Waals surface area contributed by atoms with Crippen molar-refractivity contribution in [3.8, 4) is 0 Å². The Hall–Kier alpha value is -1.48. The fraction of sp³-hybridized carbons (Fsp3) is 0.625. The van der Waals surface area contributed by atoms with Crippen LogP contribution in [0, 0.1) is 5.92 Å². The minimum Gasteiger partial charge on any atom is -0.478 e. The second kappa shape index (κ2) is 8.57. The maximum atomic E-state index is 12.2. The van der Waals surface area contributed by atoms with Crippen molar-refractivity contribution in [3.05, 3.63) is 16.0 Å². The van der Waals surface area contributed by atoms with Gasteiger partial charge >= 0.3 is 5.97 Å². The first-order chi connectivity index (χ1) is 11.5. The molecule has 1 aliphatic rings. The molecule has 2 rings (SSSR count). The molecule has 0 saturated heterocycles. The highest BCUT2D eigenvalue weighted by atomic mass is 32.1. The van der Waals surface area contributed by atoms with Gasteiger partial charge in [-0.3, -0.25) is 9.69 Å². The summed E-state index contributed by atoms with van der Waals surface area (Å²) in [5.41, 5.74) is 1.06. The van der Waals surface area contributed by atoms with Crippen LogP contribution in [-0.4, -0.2) is 64.9 Å². The van der Waals surface area contributed by atoms with E-state index in [0.717, 1.165) is 29.7 Å². The topological polar surface area (TPSA) is 110 Å². The van der Waals surface area contributed by atoms with E-state index in [1.165, 1.54) is 11.3 Å². The predicted octanol–water partition coefficient (Wildman–Crippen LogP) is 0.796.